The van der Waals surface area contributed by atoms with E-state index >= 15 is 0 Å². The molecule has 144 valence electrons. The molecule has 1 amide bonds. The average Bonchev–Trinajstić information content (AvgIpc) is 2.65. The molecule has 1 heterocycles. The van der Waals surface area contributed by atoms with Crippen LogP contribution in [0.2, 0.25) is 5.02 Å². The molecule has 0 saturated carbocycles. The summed E-state index contributed by atoms with van der Waals surface area (Å²) in [4.78, 5) is 21.3. The van der Waals surface area contributed by atoms with Crippen molar-refractivity contribution in [2.24, 2.45) is 0 Å². The number of carbonyl (C=O) groups excluding carboxylic acids is 1. The molecule has 7 heteroatoms. The number of amides is 1. The van der Waals surface area contributed by atoms with Crippen molar-refractivity contribution in [2.45, 2.75) is 20.8 Å². The van der Waals surface area contributed by atoms with Gasteiger partial charge in [0.1, 0.15) is 23.1 Å². The molecule has 28 heavy (non-hydrogen) atoms. The van der Waals surface area contributed by atoms with Gasteiger partial charge in [-0.2, -0.15) is 0 Å². The third-order valence-corrected chi connectivity index (χ3v) is 4.61. The van der Waals surface area contributed by atoms with Gasteiger partial charge in [0.2, 0.25) is 0 Å². The SMILES string of the molecule is COc1ccc(C)cc1Nc1cc(C(=O)Nc2cccc(Cl)c2C)nc(C)n1. The van der Waals surface area contributed by atoms with Crippen molar-refractivity contribution in [2.75, 3.05) is 17.7 Å². The normalized spacial score (nSPS) is 10.5. The van der Waals surface area contributed by atoms with E-state index in [0.717, 1.165) is 16.8 Å². The molecule has 0 radical (unpaired) electrons. The zero-order valence-corrected chi connectivity index (χ0v) is 16.9. The Kier molecular flexibility index (Phi) is 5.80. The molecule has 0 atom stereocenters. The molecule has 0 saturated heterocycles. The van der Waals surface area contributed by atoms with Crippen LogP contribution in [0.1, 0.15) is 27.4 Å². The van der Waals surface area contributed by atoms with Crippen LogP contribution in [0, 0.1) is 20.8 Å². The summed E-state index contributed by atoms with van der Waals surface area (Å²) in [5.74, 6) is 1.33. The molecule has 0 fully saturated rings. The summed E-state index contributed by atoms with van der Waals surface area (Å²) in [5, 5.41) is 6.65. The third kappa shape index (κ3) is 4.40. The van der Waals surface area contributed by atoms with Gasteiger partial charge < -0.3 is 15.4 Å². The molecule has 3 aromatic rings. The summed E-state index contributed by atoms with van der Waals surface area (Å²) < 4.78 is 5.39. The Bertz CT molecular complexity index is 1040. The zero-order chi connectivity index (χ0) is 20.3. The van der Waals surface area contributed by atoms with Crippen LogP contribution in [0.15, 0.2) is 42.5 Å². The van der Waals surface area contributed by atoms with Crippen molar-refractivity contribution in [3.05, 3.63) is 70.1 Å². The maximum Gasteiger partial charge on any atom is 0.274 e. The Balaban J connectivity index is 1.88. The summed E-state index contributed by atoms with van der Waals surface area (Å²) in [5.41, 5.74) is 3.52. The first-order valence-corrected chi connectivity index (χ1v) is 9.09. The van der Waals surface area contributed by atoms with Gasteiger partial charge in [-0.3, -0.25) is 4.79 Å². The Morgan fingerprint density at radius 3 is 2.57 bits per heavy atom. The number of nitrogens with one attached hydrogen (secondary N) is 2. The molecule has 2 aromatic carbocycles. The minimum atomic E-state index is -0.338. The second-order valence-electron chi connectivity index (χ2n) is 6.38. The Morgan fingerprint density at radius 1 is 1.04 bits per heavy atom. The van der Waals surface area contributed by atoms with Crippen molar-refractivity contribution >= 4 is 34.7 Å². The molecule has 0 bridgehead atoms. The van der Waals surface area contributed by atoms with Crippen LogP contribution in [0.25, 0.3) is 0 Å². The minimum absolute atomic E-state index is 0.251. The van der Waals surface area contributed by atoms with Gasteiger partial charge in [0.05, 0.1) is 12.8 Å². The van der Waals surface area contributed by atoms with Crippen molar-refractivity contribution in [3.8, 4) is 5.75 Å². The van der Waals surface area contributed by atoms with Gasteiger partial charge in [-0.25, -0.2) is 9.97 Å². The summed E-state index contributed by atoms with van der Waals surface area (Å²) in [6, 6.07) is 12.7. The van der Waals surface area contributed by atoms with Crippen LogP contribution in [-0.4, -0.2) is 23.0 Å². The summed E-state index contributed by atoms with van der Waals surface area (Å²) in [7, 11) is 1.60. The highest BCUT2D eigenvalue weighted by Crippen LogP contribution is 2.28. The first kappa shape index (κ1) is 19.6. The molecular formula is C21H21ClN4O2. The van der Waals surface area contributed by atoms with Gasteiger partial charge in [-0.1, -0.05) is 23.7 Å². The van der Waals surface area contributed by atoms with Gasteiger partial charge >= 0.3 is 0 Å². The molecule has 0 unspecified atom stereocenters. The van der Waals surface area contributed by atoms with Crippen LogP contribution in [0.4, 0.5) is 17.2 Å². The quantitative estimate of drug-likeness (QED) is 0.630. The van der Waals surface area contributed by atoms with E-state index in [1.54, 1.807) is 38.3 Å². The largest absolute Gasteiger partial charge is 0.495 e. The molecule has 1 aromatic heterocycles. The van der Waals surface area contributed by atoms with Crippen molar-refractivity contribution in [1.82, 2.24) is 9.97 Å². The maximum absolute atomic E-state index is 12.7. The number of hydrogen-bond acceptors (Lipinski definition) is 5. The smallest absolute Gasteiger partial charge is 0.274 e. The lowest BCUT2D eigenvalue weighted by Gasteiger charge is -2.13. The van der Waals surface area contributed by atoms with Crippen LogP contribution >= 0.6 is 11.6 Å². The number of aryl methyl sites for hydroxylation is 2. The minimum Gasteiger partial charge on any atom is -0.495 e. The van der Waals surface area contributed by atoms with E-state index in [9.17, 15) is 4.79 Å². The first-order chi connectivity index (χ1) is 13.4. The number of aromatic nitrogens is 2. The van der Waals surface area contributed by atoms with E-state index in [1.807, 2.05) is 32.0 Å². The predicted molar refractivity (Wildman–Crippen MR) is 112 cm³/mol. The van der Waals surface area contributed by atoms with Crippen molar-refractivity contribution in [3.63, 3.8) is 0 Å². The summed E-state index contributed by atoms with van der Waals surface area (Å²) in [6.45, 7) is 5.57. The fraction of sp³-hybridized carbons (Fsp3) is 0.190. The number of methoxy groups -OCH3 is 1. The highest BCUT2D eigenvalue weighted by Gasteiger charge is 2.14. The molecule has 2 N–H and O–H groups in total. The maximum atomic E-state index is 12.7. The highest BCUT2D eigenvalue weighted by molar-refractivity contribution is 6.31. The summed E-state index contributed by atoms with van der Waals surface area (Å²) in [6.07, 6.45) is 0. The lowest BCUT2D eigenvalue weighted by molar-refractivity contribution is 0.102. The Morgan fingerprint density at radius 2 is 1.82 bits per heavy atom. The Hall–Kier alpha value is -3.12. The molecule has 6 nitrogen and oxygen atoms in total. The second kappa shape index (κ2) is 8.27. The number of halogens is 1. The molecule has 0 aliphatic heterocycles. The number of benzene rings is 2. The first-order valence-electron chi connectivity index (χ1n) is 8.71. The van der Waals surface area contributed by atoms with E-state index < -0.39 is 0 Å². The van der Waals surface area contributed by atoms with E-state index in [4.69, 9.17) is 16.3 Å². The fourth-order valence-corrected chi connectivity index (χ4v) is 2.91. The number of nitrogens with zero attached hydrogens (tertiary/aromatic N) is 2. The van der Waals surface area contributed by atoms with Crippen molar-refractivity contribution < 1.29 is 9.53 Å². The number of hydrogen-bond donors (Lipinski definition) is 2. The monoisotopic (exact) mass is 396 g/mol. The van der Waals surface area contributed by atoms with Crippen LogP contribution in [0.3, 0.4) is 0 Å². The average molecular weight is 397 g/mol. The van der Waals surface area contributed by atoms with Crippen LogP contribution in [-0.2, 0) is 0 Å². The molecule has 0 aliphatic carbocycles. The Labute approximate surface area is 168 Å². The lowest BCUT2D eigenvalue weighted by atomic mass is 10.2. The number of carbonyl (C=O) groups is 1. The van der Waals surface area contributed by atoms with Crippen molar-refractivity contribution in [1.29, 1.82) is 0 Å². The standard InChI is InChI=1S/C21H21ClN4O2/c1-12-8-9-19(28-4)17(10-12)25-20-11-18(23-14(3)24-20)21(27)26-16-7-5-6-15(22)13(16)2/h5-11H,1-4H3,(H,26,27)(H,23,24,25). The van der Waals surface area contributed by atoms with E-state index in [-0.39, 0.29) is 11.6 Å². The lowest BCUT2D eigenvalue weighted by Crippen LogP contribution is -2.16. The number of ether oxygens (including phenoxy) is 1. The highest BCUT2D eigenvalue weighted by atomic mass is 35.5. The molecule has 3 rings (SSSR count). The van der Waals surface area contributed by atoms with E-state index in [0.29, 0.717) is 28.1 Å². The fourth-order valence-electron chi connectivity index (χ4n) is 2.73. The zero-order valence-electron chi connectivity index (χ0n) is 16.1. The van der Waals surface area contributed by atoms with Gasteiger partial charge in [0, 0.05) is 16.8 Å². The molecular weight excluding hydrogens is 376 g/mol. The van der Waals surface area contributed by atoms with E-state index in [2.05, 4.69) is 20.6 Å². The van der Waals surface area contributed by atoms with E-state index in [1.165, 1.54) is 0 Å². The topological polar surface area (TPSA) is 76.1 Å². The molecule has 0 aliphatic rings. The summed E-state index contributed by atoms with van der Waals surface area (Å²) >= 11 is 6.13. The van der Waals surface area contributed by atoms with Gasteiger partial charge in [0.15, 0.2) is 0 Å². The predicted octanol–water partition coefficient (Wildman–Crippen LogP) is 5.06. The van der Waals surface area contributed by atoms with Gasteiger partial charge in [0.25, 0.3) is 5.91 Å². The number of rotatable bonds is 5. The second-order valence-corrected chi connectivity index (χ2v) is 6.79. The molecule has 0 spiro atoms. The van der Waals surface area contributed by atoms with Crippen LogP contribution in [0.5, 0.6) is 5.75 Å². The number of anilines is 3. The van der Waals surface area contributed by atoms with Gasteiger partial charge in [-0.15, -0.1) is 0 Å². The van der Waals surface area contributed by atoms with Gasteiger partial charge in [-0.05, 0) is 56.2 Å². The van der Waals surface area contributed by atoms with Crippen LogP contribution < -0.4 is 15.4 Å². The third-order valence-electron chi connectivity index (χ3n) is 4.20.